The second-order valence-electron chi connectivity index (χ2n) is 5.76. The van der Waals surface area contributed by atoms with Crippen LogP contribution < -0.4 is 9.46 Å². The van der Waals surface area contributed by atoms with Crippen molar-refractivity contribution in [3.8, 4) is 5.75 Å². The fourth-order valence-corrected chi connectivity index (χ4v) is 4.34. The molecule has 1 aliphatic rings. The molecule has 0 aromatic heterocycles. The summed E-state index contributed by atoms with van der Waals surface area (Å²) in [5.74, 6) is 0.755. The summed E-state index contributed by atoms with van der Waals surface area (Å²) in [6.45, 7) is 4.78. The van der Waals surface area contributed by atoms with Gasteiger partial charge in [0, 0.05) is 25.6 Å². The first kappa shape index (κ1) is 17.7. The van der Waals surface area contributed by atoms with Gasteiger partial charge in [-0.3, -0.25) is 4.79 Å². The number of rotatable bonds is 5. The standard InChI is InChI=1S/C16H24N2O4S/c1-4-16(19)18-9-7-13(8-10-18)17-23(20,21)15-6-5-14(22-3)11-12(15)2/h5-6,11,13,17H,4,7-10H2,1-3H3. The van der Waals surface area contributed by atoms with Gasteiger partial charge in [-0.15, -0.1) is 0 Å². The number of methoxy groups -OCH3 is 1. The van der Waals surface area contributed by atoms with E-state index in [0.717, 1.165) is 0 Å². The average molecular weight is 340 g/mol. The van der Waals surface area contributed by atoms with E-state index in [2.05, 4.69) is 4.72 Å². The van der Waals surface area contributed by atoms with E-state index in [-0.39, 0.29) is 16.8 Å². The molecule has 0 aliphatic carbocycles. The fraction of sp³-hybridized carbons (Fsp3) is 0.562. The number of benzene rings is 1. The molecule has 1 N–H and O–H groups in total. The smallest absolute Gasteiger partial charge is 0.241 e. The van der Waals surface area contributed by atoms with Crippen molar-refractivity contribution in [3.63, 3.8) is 0 Å². The number of amides is 1. The maximum atomic E-state index is 12.6. The first-order valence-electron chi connectivity index (χ1n) is 7.82. The SMILES string of the molecule is CCC(=O)N1CCC(NS(=O)(=O)c2ccc(OC)cc2C)CC1. The lowest BCUT2D eigenvalue weighted by atomic mass is 10.1. The Bertz CT molecular complexity index is 665. The molecule has 1 aromatic carbocycles. The molecular weight excluding hydrogens is 316 g/mol. The van der Waals surface area contributed by atoms with Crippen LogP contribution >= 0.6 is 0 Å². The quantitative estimate of drug-likeness (QED) is 0.885. The van der Waals surface area contributed by atoms with Crippen LogP contribution in [-0.4, -0.2) is 45.5 Å². The maximum Gasteiger partial charge on any atom is 0.241 e. The number of sulfonamides is 1. The summed E-state index contributed by atoms with van der Waals surface area (Å²) >= 11 is 0. The first-order valence-corrected chi connectivity index (χ1v) is 9.30. The van der Waals surface area contributed by atoms with Gasteiger partial charge in [-0.25, -0.2) is 13.1 Å². The Morgan fingerprint density at radius 2 is 2.00 bits per heavy atom. The van der Waals surface area contributed by atoms with E-state index < -0.39 is 10.0 Å². The summed E-state index contributed by atoms with van der Waals surface area (Å²) in [7, 11) is -2.02. The largest absolute Gasteiger partial charge is 0.497 e. The fourth-order valence-electron chi connectivity index (χ4n) is 2.80. The van der Waals surface area contributed by atoms with Gasteiger partial charge in [-0.05, 0) is 43.5 Å². The van der Waals surface area contributed by atoms with E-state index in [1.165, 1.54) is 0 Å². The summed E-state index contributed by atoms with van der Waals surface area (Å²) in [5.41, 5.74) is 0.649. The van der Waals surface area contributed by atoms with E-state index in [0.29, 0.717) is 43.7 Å². The van der Waals surface area contributed by atoms with Crippen molar-refractivity contribution in [1.82, 2.24) is 9.62 Å². The Morgan fingerprint density at radius 3 is 2.52 bits per heavy atom. The van der Waals surface area contributed by atoms with Crippen molar-refractivity contribution in [2.24, 2.45) is 0 Å². The normalized spacial score (nSPS) is 16.4. The highest BCUT2D eigenvalue weighted by Gasteiger charge is 2.26. The molecule has 0 bridgehead atoms. The molecule has 0 atom stereocenters. The van der Waals surface area contributed by atoms with E-state index in [1.807, 2.05) is 6.92 Å². The Hall–Kier alpha value is -1.60. The monoisotopic (exact) mass is 340 g/mol. The molecule has 128 valence electrons. The summed E-state index contributed by atoms with van der Waals surface area (Å²) in [5, 5.41) is 0. The number of aryl methyl sites for hydroxylation is 1. The molecule has 7 heteroatoms. The third kappa shape index (κ3) is 4.23. The molecule has 0 spiro atoms. The summed E-state index contributed by atoms with van der Waals surface area (Å²) < 4.78 is 33.0. The number of piperidine rings is 1. The Labute approximate surface area is 137 Å². The van der Waals surface area contributed by atoms with E-state index in [4.69, 9.17) is 4.74 Å². The molecule has 1 heterocycles. The van der Waals surface area contributed by atoms with Crippen molar-refractivity contribution in [2.75, 3.05) is 20.2 Å². The summed E-state index contributed by atoms with van der Waals surface area (Å²) in [4.78, 5) is 13.7. The van der Waals surface area contributed by atoms with Gasteiger partial charge in [0.1, 0.15) is 5.75 Å². The minimum atomic E-state index is -3.57. The van der Waals surface area contributed by atoms with Gasteiger partial charge in [0.15, 0.2) is 0 Å². The van der Waals surface area contributed by atoms with Gasteiger partial charge in [0.25, 0.3) is 0 Å². The van der Waals surface area contributed by atoms with Crippen LogP contribution in [0, 0.1) is 6.92 Å². The van der Waals surface area contributed by atoms with Gasteiger partial charge in [-0.1, -0.05) is 6.92 Å². The number of ether oxygens (including phenoxy) is 1. The summed E-state index contributed by atoms with van der Waals surface area (Å²) in [6, 6.07) is 4.77. The van der Waals surface area contributed by atoms with Crippen molar-refractivity contribution in [3.05, 3.63) is 23.8 Å². The van der Waals surface area contributed by atoms with Crippen LogP contribution in [0.1, 0.15) is 31.7 Å². The van der Waals surface area contributed by atoms with Gasteiger partial charge in [0.2, 0.25) is 15.9 Å². The third-order valence-electron chi connectivity index (χ3n) is 4.14. The Morgan fingerprint density at radius 1 is 1.35 bits per heavy atom. The van der Waals surface area contributed by atoms with Gasteiger partial charge in [0.05, 0.1) is 12.0 Å². The predicted molar refractivity (Wildman–Crippen MR) is 87.9 cm³/mol. The third-order valence-corrected chi connectivity index (χ3v) is 5.82. The number of nitrogens with one attached hydrogen (secondary N) is 1. The molecule has 6 nitrogen and oxygen atoms in total. The van der Waals surface area contributed by atoms with Crippen molar-refractivity contribution in [1.29, 1.82) is 0 Å². The zero-order chi connectivity index (χ0) is 17.0. The topological polar surface area (TPSA) is 75.7 Å². The van der Waals surface area contributed by atoms with Crippen LogP contribution in [-0.2, 0) is 14.8 Å². The van der Waals surface area contributed by atoms with Crippen LogP contribution in [0.3, 0.4) is 0 Å². The van der Waals surface area contributed by atoms with Crippen LogP contribution in [0.2, 0.25) is 0 Å². The Kier molecular flexibility index (Phi) is 5.64. The summed E-state index contributed by atoms with van der Waals surface area (Å²) in [6.07, 6.45) is 1.77. The number of hydrogen-bond donors (Lipinski definition) is 1. The first-order chi connectivity index (χ1) is 10.9. The van der Waals surface area contributed by atoms with Gasteiger partial charge < -0.3 is 9.64 Å². The number of hydrogen-bond acceptors (Lipinski definition) is 4. The lowest BCUT2D eigenvalue weighted by Gasteiger charge is -2.32. The molecule has 1 aliphatic heterocycles. The molecule has 1 amide bonds. The average Bonchev–Trinajstić information content (AvgIpc) is 2.54. The van der Waals surface area contributed by atoms with Crippen molar-refractivity contribution >= 4 is 15.9 Å². The van der Waals surface area contributed by atoms with Crippen molar-refractivity contribution in [2.45, 2.75) is 44.0 Å². The number of likely N-dealkylation sites (tertiary alicyclic amines) is 1. The van der Waals surface area contributed by atoms with E-state index in [9.17, 15) is 13.2 Å². The Balaban J connectivity index is 2.04. The minimum absolute atomic E-state index is 0.123. The van der Waals surface area contributed by atoms with Gasteiger partial charge in [-0.2, -0.15) is 0 Å². The maximum absolute atomic E-state index is 12.6. The second kappa shape index (κ2) is 7.31. The molecular formula is C16H24N2O4S. The molecule has 23 heavy (non-hydrogen) atoms. The zero-order valence-electron chi connectivity index (χ0n) is 13.8. The molecule has 0 radical (unpaired) electrons. The van der Waals surface area contributed by atoms with Crippen LogP contribution in [0.5, 0.6) is 5.75 Å². The van der Waals surface area contributed by atoms with Gasteiger partial charge >= 0.3 is 0 Å². The number of nitrogens with zero attached hydrogens (tertiary/aromatic N) is 1. The highest BCUT2D eigenvalue weighted by Crippen LogP contribution is 2.22. The predicted octanol–water partition coefficient (Wildman–Crippen LogP) is 1.68. The lowest BCUT2D eigenvalue weighted by molar-refractivity contribution is -0.131. The molecule has 0 unspecified atom stereocenters. The lowest BCUT2D eigenvalue weighted by Crippen LogP contribution is -2.46. The van der Waals surface area contributed by atoms with Crippen LogP contribution in [0.15, 0.2) is 23.1 Å². The van der Waals surface area contributed by atoms with E-state index >= 15 is 0 Å². The molecule has 1 saturated heterocycles. The van der Waals surface area contributed by atoms with E-state index in [1.54, 1.807) is 37.1 Å². The molecule has 1 fully saturated rings. The van der Waals surface area contributed by atoms with Crippen molar-refractivity contribution < 1.29 is 17.9 Å². The van der Waals surface area contributed by atoms with Crippen LogP contribution in [0.25, 0.3) is 0 Å². The highest BCUT2D eigenvalue weighted by atomic mass is 32.2. The number of carbonyl (C=O) groups is 1. The molecule has 0 saturated carbocycles. The molecule has 1 aromatic rings. The second-order valence-corrected chi connectivity index (χ2v) is 7.44. The number of carbonyl (C=O) groups excluding carboxylic acids is 1. The minimum Gasteiger partial charge on any atom is -0.497 e. The highest BCUT2D eigenvalue weighted by molar-refractivity contribution is 7.89. The molecule has 2 rings (SSSR count). The zero-order valence-corrected chi connectivity index (χ0v) is 14.6. The van der Waals surface area contributed by atoms with Crippen LogP contribution in [0.4, 0.5) is 0 Å².